The Balaban J connectivity index is 0.000000109. The monoisotopic (exact) mass is 1850 g/mol. The van der Waals surface area contributed by atoms with E-state index >= 15 is 0 Å². The van der Waals surface area contributed by atoms with Crippen LogP contribution in [-0.4, -0.2) is 0 Å². The minimum atomic E-state index is 1.16. The lowest BCUT2D eigenvalue weighted by Gasteiger charge is -2.28. The lowest BCUT2D eigenvalue weighted by Crippen LogP contribution is -2.11. The summed E-state index contributed by atoms with van der Waals surface area (Å²) in [5.74, 6) is 0. The zero-order valence-corrected chi connectivity index (χ0v) is 82.1. The molecule has 0 bridgehead atoms. The van der Waals surface area contributed by atoms with Gasteiger partial charge in [0.25, 0.3) is 0 Å². The number of rotatable bonds is 18. The Morgan fingerprint density at radius 1 is 0.104 bits per heavy atom. The van der Waals surface area contributed by atoms with Crippen molar-refractivity contribution in [3.63, 3.8) is 0 Å². The van der Waals surface area contributed by atoms with Crippen molar-refractivity contribution in [3.05, 3.63) is 616 Å². The summed E-state index contributed by atoms with van der Waals surface area (Å²) < 4.78 is 0. The Bertz CT molecular complexity index is 8320. The molecule has 0 aliphatic carbocycles. The van der Waals surface area contributed by atoms with Crippen LogP contribution in [-0.2, 0) is 0 Å². The first-order valence-corrected chi connectivity index (χ1v) is 49.3. The second-order valence-electron chi connectivity index (χ2n) is 36.0. The molecule has 0 aliphatic heterocycles. The molecule has 0 unspecified atom stereocenters. The largest absolute Gasteiger partial charge is 0.310 e. The summed E-state index contributed by atoms with van der Waals surface area (Å²) in [7, 11) is 0. The molecule has 696 valence electrons. The number of nitrogens with zero attached hydrogens (tertiary/aromatic N) is 6. The maximum absolute atomic E-state index is 2.34. The molecule has 0 atom stereocenters. The molecule has 0 radical (unpaired) electrons. The number of hydrogen-bond donors (Lipinski definition) is 0. The van der Waals surface area contributed by atoms with Gasteiger partial charge in [0.1, 0.15) is 0 Å². The van der Waals surface area contributed by atoms with Gasteiger partial charge in [-0.25, -0.2) is 0 Å². The molecule has 0 spiro atoms. The Morgan fingerprint density at radius 2 is 0.299 bits per heavy atom. The zero-order chi connectivity index (χ0) is 98.1. The molecule has 0 amide bonds. The van der Waals surface area contributed by atoms with E-state index in [-0.39, 0.29) is 0 Å². The highest BCUT2D eigenvalue weighted by Crippen LogP contribution is 2.46. The maximum Gasteiger partial charge on any atom is 0.0540 e. The predicted molar refractivity (Wildman–Crippen MR) is 620 cm³/mol. The first-order chi connectivity index (χ1) is 70.9. The average Bonchev–Trinajstić information content (AvgIpc) is 0.782. The summed E-state index contributed by atoms with van der Waals surface area (Å²) in [6.45, 7) is 12.8. The fraction of sp³-hybridized carbons (Fsp3) is 0.0435. The van der Waals surface area contributed by atoms with Crippen molar-refractivity contribution in [1.82, 2.24) is 0 Å². The summed E-state index contributed by atoms with van der Waals surface area (Å²) in [5.41, 5.74) is 28.8. The maximum atomic E-state index is 2.34. The van der Waals surface area contributed by atoms with Crippen molar-refractivity contribution < 1.29 is 0 Å². The number of anilines is 18. The smallest absolute Gasteiger partial charge is 0.0540 e. The summed E-state index contributed by atoms with van der Waals surface area (Å²) in [6, 6.07) is 205. The zero-order valence-electron chi connectivity index (χ0n) is 82.1. The van der Waals surface area contributed by atoms with E-state index in [1.54, 1.807) is 0 Å². The molecule has 0 N–H and O–H groups in total. The Hall–Kier alpha value is -18.4. The van der Waals surface area contributed by atoms with Crippen molar-refractivity contribution in [2.45, 2.75) is 41.5 Å². The van der Waals surface area contributed by atoms with Crippen molar-refractivity contribution in [1.29, 1.82) is 0 Å². The highest BCUT2D eigenvalue weighted by atomic mass is 15.2. The van der Waals surface area contributed by atoms with Gasteiger partial charge in [0.05, 0.1) is 17.1 Å². The average molecular weight is 1860 g/mol. The summed E-state index contributed by atoms with van der Waals surface area (Å²) >= 11 is 0. The highest BCUT2D eigenvalue weighted by Gasteiger charge is 2.22. The second kappa shape index (κ2) is 45.9. The second-order valence-corrected chi connectivity index (χ2v) is 36.0. The van der Waals surface area contributed by atoms with Gasteiger partial charge in [-0.2, -0.15) is 0 Å². The summed E-state index contributed by atoms with van der Waals surface area (Å²) in [6.07, 6.45) is 0. The number of benzene rings is 24. The van der Waals surface area contributed by atoms with Crippen LogP contribution in [0.25, 0.3) is 64.6 Å². The third-order valence-corrected chi connectivity index (χ3v) is 25.9. The van der Waals surface area contributed by atoms with Crippen molar-refractivity contribution in [2.24, 2.45) is 0 Å². The molecular formula is C138H114N6. The van der Waals surface area contributed by atoms with E-state index in [2.05, 4.69) is 653 Å². The quantitative estimate of drug-likeness (QED) is 0.0847. The van der Waals surface area contributed by atoms with Crippen molar-refractivity contribution in [2.75, 3.05) is 29.4 Å². The van der Waals surface area contributed by atoms with E-state index in [1.165, 1.54) is 189 Å². The molecule has 24 rings (SSSR count). The van der Waals surface area contributed by atoms with Crippen LogP contribution in [0.2, 0.25) is 0 Å². The van der Waals surface area contributed by atoms with Gasteiger partial charge in [-0.3, -0.25) is 0 Å². The van der Waals surface area contributed by atoms with E-state index < -0.39 is 0 Å². The molecule has 0 saturated heterocycles. The fourth-order valence-corrected chi connectivity index (χ4v) is 18.8. The van der Waals surface area contributed by atoms with Gasteiger partial charge in [0.2, 0.25) is 0 Å². The first-order valence-electron chi connectivity index (χ1n) is 49.3. The van der Waals surface area contributed by atoms with E-state index in [9.17, 15) is 0 Å². The Morgan fingerprint density at radius 3 is 0.639 bits per heavy atom. The van der Waals surface area contributed by atoms with Gasteiger partial charge in [-0.1, -0.05) is 405 Å². The molecule has 0 saturated carbocycles. The Labute approximate surface area is 847 Å². The van der Waals surface area contributed by atoms with Crippen LogP contribution in [0, 0.1) is 41.5 Å². The van der Waals surface area contributed by atoms with Crippen LogP contribution in [0.1, 0.15) is 33.4 Å². The fourth-order valence-electron chi connectivity index (χ4n) is 18.8. The number of para-hydroxylation sites is 8. The summed E-state index contributed by atoms with van der Waals surface area (Å²) in [5, 5.41) is 15.1. The molecule has 0 aliphatic rings. The lowest BCUT2D eigenvalue weighted by atomic mass is 10.1. The molecule has 6 heteroatoms. The van der Waals surface area contributed by atoms with E-state index in [1.807, 2.05) is 0 Å². The SMILES string of the molecule is Cc1ccc(N(c2ccccc2)c2ccc3ccccc3c2)cc1.Cc1ccc(N(c2ccccc2)c2cccc3ccccc23)cc1.Cc1cccc(N(c2ccccc2)c2ccc3ccccc3c2)c1.Cc1cccc(N(c2ccccc2)c2cccc3ccccc23)c1.Cc1ccccc1N(c1ccccc1)c1ccc2ccccc2c1.Cc1ccccc1N(c1ccccc1)c1cccc2ccccc12. The molecular weight excluding hydrogens is 1740 g/mol. The van der Waals surface area contributed by atoms with Crippen LogP contribution >= 0.6 is 0 Å². The van der Waals surface area contributed by atoms with Gasteiger partial charge in [-0.05, 0) is 300 Å². The third kappa shape index (κ3) is 22.6. The van der Waals surface area contributed by atoms with Crippen LogP contribution in [0.3, 0.4) is 0 Å². The van der Waals surface area contributed by atoms with Gasteiger partial charge in [0.15, 0.2) is 0 Å². The number of aryl methyl sites for hydroxylation is 6. The predicted octanol–water partition coefficient (Wildman–Crippen LogP) is 39.7. The minimum absolute atomic E-state index is 1.16. The highest BCUT2D eigenvalue weighted by molar-refractivity contribution is 6.03. The number of hydrogen-bond acceptors (Lipinski definition) is 6. The normalized spacial score (nSPS) is 10.7. The van der Waals surface area contributed by atoms with Gasteiger partial charge in [0, 0.05) is 101 Å². The van der Waals surface area contributed by atoms with Gasteiger partial charge in [-0.15, -0.1) is 0 Å². The topological polar surface area (TPSA) is 19.4 Å². The van der Waals surface area contributed by atoms with E-state index in [0.29, 0.717) is 0 Å². The molecule has 0 fully saturated rings. The molecule has 24 aromatic carbocycles. The Kier molecular flexibility index (Phi) is 30.2. The molecule has 144 heavy (non-hydrogen) atoms. The van der Waals surface area contributed by atoms with Crippen molar-refractivity contribution >= 4 is 167 Å². The minimum Gasteiger partial charge on any atom is -0.310 e. The van der Waals surface area contributed by atoms with Crippen LogP contribution in [0.15, 0.2) is 582 Å². The molecule has 0 heterocycles. The van der Waals surface area contributed by atoms with Gasteiger partial charge < -0.3 is 29.4 Å². The summed E-state index contributed by atoms with van der Waals surface area (Å²) in [4.78, 5) is 13.9. The standard InChI is InChI=1S/6C23H19N/c1-18-10-5-8-16-22(18)24(20-13-3-2-4-14-20)23-17-9-12-19-11-6-7-15-21(19)23;1-18-9-5-8-14-23(18)24(21-12-3-2-4-13-21)22-16-15-19-10-6-7-11-20(19)17-22;1-18-9-7-14-21(17-18)24(20-12-3-2-4-13-20)23-16-8-11-19-10-5-6-15-22(19)23;1-18-8-7-13-22(16-18)24(21-11-3-2-4-12-21)23-15-14-19-9-5-6-10-20(19)17-23;1-18-14-16-21(17-15-18)24(20-10-3-2-4-11-20)23-13-7-9-19-8-5-6-12-22(19)23;1-18-11-14-22(15-12-18)24(21-9-3-2-4-10-21)23-16-13-19-7-5-6-8-20(19)17-23/h6*2-17H,1H3. The molecule has 6 nitrogen and oxygen atoms in total. The van der Waals surface area contributed by atoms with E-state index in [4.69, 9.17) is 0 Å². The van der Waals surface area contributed by atoms with Crippen molar-refractivity contribution in [3.8, 4) is 0 Å². The van der Waals surface area contributed by atoms with Crippen LogP contribution in [0.4, 0.5) is 102 Å². The molecule has 24 aromatic rings. The lowest BCUT2D eigenvalue weighted by molar-refractivity contribution is 1.25. The molecule has 0 aromatic heterocycles. The van der Waals surface area contributed by atoms with Crippen LogP contribution < -0.4 is 29.4 Å². The number of fused-ring (bicyclic) bond motifs is 6. The third-order valence-electron chi connectivity index (χ3n) is 25.9. The van der Waals surface area contributed by atoms with Gasteiger partial charge >= 0.3 is 0 Å². The first kappa shape index (κ1) is 94.6. The van der Waals surface area contributed by atoms with Crippen LogP contribution in [0.5, 0.6) is 0 Å². The van der Waals surface area contributed by atoms with E-state index in [0.717, 1.165) is 11.4 Å².